The summed E-state index contributed by atoms with van der Waals surface area (Å²) in [5.41, 5.74) is 1.09. The van der Waals surface area contributed by atoms with E-state index < -0.39 is 67.1 Å². The molecule has 0 bridgehead atoms. The Balaban J connectivity index is -0.000000147. The van der Waals surface area contributed by atoms with Crippen molar-refractivity contribution in [3.8, 4) is 95.4 Å². The second-order valence-electron chi connectivity index (χ2n) is 13.8. The van der Waals surface area contributed by atoms with E-state index in [-0.39, 0.29) is 26.5 Å². The number of ether oxygens (including phenoxy) is 3. The molecular weight excluding hydrogens is 1290 g/mol. The maximum absolute atomic E-state index is 11.5. The van der Waals surface area contributed by atoms with Crippen molar-refractivity contribution < 1.29 is 152 Å². The predicted octanol–water partition coefficient (Wildman–Crippen LogP) is 7.28. The highest BCUT2D eigenvalue weighted by molar-refractivity contribution is 7.62. The lowest BCUT2D eigenvalue weighted by Gasteiger charge is -2.13. The third-order valence-electron chi connectivity index (χ3n) is 8.04. The van der Waals surface area contributed by atoms with Crippen molar-refractivity contribution in [2.75, 3.05) is 56.1 Å². The fourth-order valence-corrected chi connectivity index (χ4v) is 5.99. The first-order valence-corrected chi connectivity index (χ1v) is 29.1. The van der Waals surface area contributed by atoms with Gasteiger partial charge in [-0.25, -0.2) is 49.1 Å². The number of methoxy groups -OCH3 is 1. The predicted molar refractivity (Wildman–Crippen MR) is 325 cm³/mol. The lowest BCUT2D eigenvalue weighted by Crippen LogP contribution is -2.09. The monoisotopic (exact) mass is 1360 g/mol. The van der Waals surface area contributed by atoms with Gasteiger partial charge in [0.25, 0.3) is 0 Å². The number of carbonyl (C=O) groups excluding carboxylic acids is 3. The van der Waals surface area contributed by atoms with Crippen LogP contribution in [0.1, 0.15) is 63.7 Å². The fraction of sp³-hybridized carbons (Fsp3) is 0.196. The number of benzene rings is 4. The molecule has 5 rings (SSSR count). The molecule has 0 saturated carbocycles. The molecule has 1 heterocycles. The molecule has 8 N–H and O–H groups in total. The Hall–Kier alpha value is -9.64. The minimum atomic E-state index is -3.48. The Kier molecular flexibility index (Phi) is 59.0. The van der Waals surface area contributed by atoms with Crippen molar-refractivity contribution in [2.24, 2.45) is 0 Å². The van der Waals surface area contributed by atoms with Gasteiger partial charge in [0.1, 0.15) is 18.3 Å². The zero-order valence-corrected chi connectivity index (χ0v) is 53.1. The third kappa shape index (κ3) is 50.0. The molecule has 1 aliphatic heterocycles. The molecule has 0 aliphatic carbocycles. The van der Waals surface area contributed by atoms with Crippen molar-refractivity contribution in [1.82, 2.24) is 0 Å². The number of esters is 2. The number of carboxylic acid groups (broad SMARTS) is 4. The molecule has 31 nitrogen and oxygen atoms in total. The Labute approximate surface area is 526 Å². The molecule has 0 radical (unpaired) electrons. The van der Waals surface area contributed by atoms with Gasteiger partial charge in [-0.3, -0.25) is 18.2 Å². The molecule has 4 aromatic carbocycles. The number of carbonyl (C=O) groups is 7. The van der Waals surface area contributed by atoms with Gasteiger partial charge in [0.05, 0.1) is 27.6 Å². The number of phosphoric ester groups is 1. The summed E-state index contributed by atoms with van der Waals surface area (Å²) in [6.07, 6.45) is 9.59. The number of carboxylic acids is 4. The van der Waals surface area contributed by atoms with Crippen LogP contribution in [0.25, 0.3) is 0 Å². The molecule has 494 valence electrons. The molecule has 0 aromatic heterocycles. The average molecular weight is 1360 g/mol. The summed E-state index contributed by atoms with van der Waals surface area (Å²) in [6, 6.07) is 25.7. The number of terminal acetylenes is 2. The van der Waals surface area contributed by atoms with Crippen molar-refractivity contribution >= 4 is 79.2 Å². The minimum absolute atomic E-state index is 0. The Bertz CT molecular complexity index is 3440. The average Bonchev–Trinajstić information content (AvgIpc) is 1.79. The van der Waals surface area contributed by atoms with Crippen LogP contribution in [-0.2, 0) is 74.4 Å². The third-order valence-corrected chi connectivity index (χ3v) is 12.3. The van der Waals surface area contributed by atoms with Gasteiger partial charge in [-0.15, -0.1) is 17.5 Å². The lowest BCUT2D eigenvalue weighted by atomic mass is 10.1. The number of hydrogen-bond acceptors (Lipinski definition) is 26. The topological polar surface area (TPSA) is 474 Å². The summed E-state index contributed by atoms with van der Waals surface area (Å²) in [5, 5.41) is 56.5. The maximum Gasteiger partial charge on any atom is 0.529 e. The summed E-state index contributed by atoms with van der Waals surface area (Å²) < 4.78 is 87.5. The van der Waals surface area contributed by atoms with Gasteiger partial charge in [0.2, 0.25) is 0 Å². The number of rotatable bonds is 14. The van der Waals surface area contributed by atoms with Crippen LogP contribution in [0.5, 0.6) is 11.5 Å². The maximum atomic E-state index is 11.5. The van der Waals surface area contributed by atoms with Crippen molar-refractivity contribution in [3.63, 3.8) is 0 Å². The fourth-order valence-electron chi connectivity index (χ4n) is 4.26. The number of aryl methyl sites for hydroxylation is 1. The van der Waals surface area contributed by atoms with Crippen LogP contribution in [0.3, 0.4) is 0 Å². The van der Waals surface area contributed by atoms with Gasteiger partial charge >= 0.3 is 67.1 Å². The second kappa shape index (κ2) is 58.1. The highest BCUT2D eigenvalue weighted by Gasteiger charge is 2.29. The molecule has 0 spiro atoms. The molecule has 0 saturated heterocycles. The molecule has 4 aromatic rings. The minimum Gasteiger partial charge on any atom is -0.567 e. The molecule has 1 aliphatic rings. The van der Waals surface area contributed by atoms with Gasteiger partial charge in [0, 0.05) is 52.2 Å². The van der Waals surface area contributed by atoms with E-state index in [1.54, 1.807) is 86.6 Å². The number of hydrogen-bond donors (Lipinski definition) is 8. The Morgan fingerprint density at radius 1 is 0.615 bits per heavy atom. The van der Waals surface area contributed by atoms with E-state index >= 15 is 0 Å². The Morgan fingerprint density at radius 3 is 1.40 bits per heavy atom. The summed E-state index contributed by atoms with van der Waals surface area (Å²) >= 11 is 0. The zero-order chi connectivity index (χ0) is 71.4. The number of cyclic esters (lactones) is 2. The van der Waals surface area contributed by atoms with E-state index in [1.165, 1.54) is 61.5 Å². The van der Waals surface area contributed by atoms with E-state index in [0.29, 0.717) is 22.2 Å². The first-order valence-electron chi connectivity index (χ1n) is 23.0. The van der Waals surface area contributed by atoms with Crippen molar-refractivity contribution in [1.29, 1.82) is 0 Å². The Morgan fingerprint density at radius 2 is 1.03 bits per heavy atom. The second-order valence-corrected chi connectivity index (χ2v) is 20.4. The van der Waals surface area contributed by atoms with Gasteiger partial charge in [-0.05, 0) is 139 Å². The molecule has 0 fully saturated rings. The van der Waals surface area contributed by atoms with Crippen LogP contribution in [0, 0.1) is 90.8 Å². The van der Waals surface area contributed by atoms with E-state index in [9.17, 15) is 32.9 Å². The smallest absolute Gasteiger partial charge is 0.529 e. The molecule has 35 heteroatoms. The zero-order valence-electron chi connectivity index (χ0n) is 49.6. The summed E-state index contributed by atoms with van der Waals surface area (Å²) in [7, 11) is -4.78. The van der Waals surface area contributed by atoms with Crippen LogP contribution in [0.4, 0.5) is 0 Å². The highest BCUT2D eigenvalue weighted by Crippen LogP contribution is 2.47. The van der Waals surface area contributed by atoms with Crippen molar-refractivity contribution in [2.45, 2.75) is 20.8 Å². The number of phosphoric acid groups is 1. The normalized spacial score (nSPS) is 10.0. The van der Waals surface area contributed by atoms with E-state index in [1.807, 2.05) is 19.8 Å². The van der Waals surface area contributed by atoms with Crippen LogP contribution in [0.2, 0.25) is 0 Å². The largest absolute Gasteiger partial charge is 0.567 e. The lowest BCUT2D eigenvalue weighted by molar-refractivity contribution is -0.465. The molecule has 2 atom stereocenters. The van der Waals surface area contributed by atoms with E-state index in [0.717, 1.165) is 11.6 Å². The number of para-hydroxylation sites is 1. The standard InChI is InChI=1S/C10H10O6.C9H6O3.C9H4.C8H11O4P.C7H9O4P.C7H4.C3H9O3P.C2H2O4.CH2O.HO3P.H2O3.2H2/c1-15-5-16-6-2-3-7(9(11)12)8(4-6)10(13)14;1-5-2-3-6-7(4-5)9(11)12-8(6)10;1-3-5-7-9-8-6-4-2;1-10-13(9,11-2)12-8-6-4-3-5-7-8;1-10-12(9,11-8)7-5-3-2-4-6-7;1-3-5-7-6-4-2;1-5-7(3,4)6-2;3-1(4)2(5)6;1-2;1-4(2)3;1-3-2;;/h2-4H,5H2,1H3,(H,11,12)(H,13,14);2-4H,1H3;1H,2H3;3-7H,1-2H3;2-6,8H,1H3;1H,2H3;1-3H3;(H,3,4)(H,5,6);1H2;(H,1,2,3);1-2H;2*1H. The quantitative estimate of drug-likeness (QED) is 0.00897. The summed E-state index contributed by atoms with van der Waals surface area (Å²) in [5.74, 6) is 22.3. The van der Waals surface area contributed by atoms with Crippen LogP contribution < -0.4 is 19.5 Å². The van der Waals surface area contributed by atoms with Gasteiger partial charge < -0.3 is 62.4 Å². The van der Waals surface area contributed by atoms with E-state index in [4.69, 9.17) is 87.0 Å². The van der Waals surface area contributed by atoms with Crippen LogP contribution >= 0.6 is 31.3 Å². The van der Waals surface area contributed by atoms with Crippen LogP contribution in [0.15, 0.2) is 97.1 Å². The van der Waals surface area contributed by atoms with Gasteiger partial charge in [0.15, 0.2) is 6.79 Å². The molecular formula is C56H64O31P4. The number of aromatic carboxylic acids is 2. The molecule has 2 unspecified atom stereocenters. The van der Waals surface area contributed by atoms with Crippen LogP contribution in [-0.4, -0.2) is 140 Å². The first-order chi connectivity index (χ1) is 42.9. The van der Waals surface area contributed by atoms with Gasteiger partial charge in [-0.1, -0.05) is 64.9 Å². The highest BCUT2D eigenvalue weighted by atomic mass is 31.2. The molecule has 0 amide bonds. The molecule has 91 heavy (non-hydrogen) atoms. The summed E-state index contributed by atoms with van der Waals surface area (Å²) in [6.45, 7) is 8.66. The van der Waals surface area contributed by atoms with E-state index in [2.05, 4.69) is 113 Å². The number of fused-ring (bicyclic) bond motifs is 1. The first kappa shape index (κ1) is 92.5. The number of aliphatic carboxylic acids is 2. The SMILES string of the molecule is C#CC#CC#CC.C#CC#CC#CC#CC.C=O.COCOc1ccc(C(=O)O)c(C(=O)O)c1.COP(=O)(OC)Oc1ccccc1.COP(=O)(OO)c1ccccc1.COP(C)(=O)OC.Cc1ccc2c(c1)C(=O)OC2=O.O=C(O)C(=O)O.O=[P+]([O-])O.OOO.[HH].[HH]. The summed E-state index contributed by atoms with van der Waals surface area (Å²) in [4.78, 5) is 85.3. The van der Waals surface area contributed by atoms with Crippen molar-refractivity contribution in [3.05, 3.63) is 125 Å². The van der Waals surface area contributed by atoms with Gasteiger partial charge in [-0.2, -0.15) is 4.89 Å².